The summed E-state index contributed by atoms with van der Waals surface area (Å²) >= 11 is 0. The number of nitrogens with one attached hydrogen (secondary N) is 1. The van der Waals surface area contributed by atoms with E-state index in [4.69, 9.17) is 29.3 Å². The Labute approximate surface area is 177 Å². The predicted molar refractivity (Wildman–Crippen MR) is 104 cm³/mol. The van der Waals surface area contributed by atoms with Gasteiger partial charge in [0.15, 0.2) is 5.97 Å². The lowest BCUT2D eigenvalue weighted by Crippen LogP contribution is -3.13. The van der Waals surface area contributed by atoms with Crippen molar-refractivity contribution in [2.24, 2.45) is 11.8 Å². The van der Waals surface area contributed by atoms with Gasteiger partial charge in [-0.3, -0.25) is 9.59 Å². The molecule has 0 radical (unpaired) electrons. The standard InChI is InChI=1S/C19H33NO4.C2H2O4/c1-2-23-18(21)17-10-13-20(14-11-17)12-6-7-15-24-19(22)16-8-4-3-5-9-16;3-1(4)2(5)6/h16-17H,2-15H2,1H3;(H,3,4)(H,5,6). The number of rotatable bonds is 8. The van der Waals surface area contributed by atoms with Gasteiger partial charge < -0.3 is 29.4 Å². The summed E-state index contributed by atoms with van der Waals surface area (Å²) in [6, 6.07) is 0. The van der Waals surface area contributed by atoms with Gasteiger partial charge in [-0.15, -0.1) is 0 Å². The first kappa shape index (κ1) is 25.9. The minimum Gasteiger partial charge on any atom is -0.539 e. The van der Waals surface area contributed by atoms with E-state index in [1.807, 2.05) is 6.92 Å². The number of carbonyl (C=O) groups excluding carboxylic acids is 3. The zero-order chi connectivity index (χ0) is 22.4. The zero-order valence-corrected chi connectivity index (χ0v) is 17.9. The Hall–Kier alpha value is -2.16. The van der Waals surface area contributed by atoms with Crippen LogP contribution in [0.5, 0.6) is 0 Å². The molecule has 0 amide bonds. The molecule has 172 valence electrons. The number of piperidine rings is 1. The Kier molecular flexibility index (Phi) is 12.7. The molecule has 9 nitrogen and oxygen atoms in total. The number of aliphatic carboxylic acids is 2. The van der Waals surface area contributed by atoms with Crippen molar-refractivity contribution >= 4 is 23.9 Å². The number of ether oxygens (including phenoxy) is 2. The van der Waals surface area contributed by atoms with Gasteiger partial charge in [-0.05, 0) is 32.6 Å². The topological polar surface area (TPSA) is 134 Å². The highest BCUT2D eigenvalue weighted by atomic mass is 16.5. The molecule has 1 aliphatic carbocycles. The molecule has 2 aliphatic rings. The molecule has 0 aromatic rings. The van der Waals surface area contributed by atoms with Gasteiger partial charge in [-0.1, -0.05) is 19.3 Å². The van der Waals surface area contributed by atoms with Crippen LogP contribution in [0, 0.1) is 11.8 Å². The summed E-state index contributed by atoms with van der Waals surface area (Å²) in [4.78, 5) is 43.3. The summed E-state index contributed by atoms with van der Waals surface area (Å²) in [6.07, 6.45) is 9.53. The van der Waals surface area contributed by atoms with E-state index in [1.54, 1.807) is 4.90 Å². The summed E-state index contributed by atoms with van der Waals surface area (Å²) in [5, 5.41) is 16.3. The second-order valence-corrected chi connectivity index (χ2v) is 7.83. The minimum absolute atomic E-state index is 0.0221. The third kappa shape index (κ3) is 10.6. The molecule has 2 N–H and O–H groups in total. The summed E-state index contributed by atoms with van der Waals surface area (Å²) in [5.74, 6) is -3.75. The molecule has 0 aromatic heterocycles. The lowest BCUT2D eigenvalue weighted by molar-refractivity contribution is -0.906. The number of hydrogen-bond acceptors (Lipinski definition) is 7. The highest BCUT2D eigenvalue weighted by Gasteiger charge is 2.28. The number of likely N-dealkylation sites (tertiary alicyclic amines) is 1. The van der Waals surface area contributed by atoms with E-state index < -0.39 is 11.9 Å². The van der Waals surface area contributed by atoms with Crippen LogP contribution in [-0.4, -0.2) is 61.8 Å². The Morgan fingerprint density at radius 3 is 1.97 bits per heavy atom. The van der Waals surface area contributed by atoms with Gasteiger partial charge in [0.25, 0.3) is 0 Å². The summed E-state index contributed by atoms with van der Waals surface area (Å²) < 4.78 is 10.5. The van der Waals surface area contributed by atoms with Crippen LogP contribution in [0.3, 0.4) is 0 Å². The molecule has 0 atom stereocenters. The molecule has 9 heteroatoms. The number of unbranched alkanes of at least 4 members (excludes halogenated alkanes) is 1. The van der Waals surface area contributed by atoms with Crippen molar-refractivity contribution in [3.05, 3.63) is 0 Å². The summed E-state index contributed by atoms with van der Waals surface area (Å²) in [6.45, 7) is 6.10. The van der Waals surface area contributed by atoms with Crippen molar-refractivity contribution in [3.63, 3.8) is 0 Å². The van der Waals surface area contributed by atoms with E-state index in [0.29, 0.717) is 13.2 Å². The first-order valence-corrected chi connectivity index (χ1v) is 11.0. The highest BCUT2D eigenvalue weighted by molar-refractivity contribution is 6.26. The maximum atomic E-state index is 11.9. The molecule has 0 spiro atoms. The molecule has 30 heavy (non-hydrogen) atoms. The first-order valence-electron chi connectivity index (χ1n) is 11.0. The lowest BCUT2D eigenvalue weighted by atomic mass is 9.89. The van der Waals surface area contributed by atoms with E-state index in [-0.39, 0.29) is 23.8 Å². The van der Waals surface area contributed by atoms with Crippen molar-refractivity contribution in [2.75, 3.05) is 32.8 Å². The molecule has 0 unspecified atom stereocenters. The molecule has 1 saturated carbocycles. The van der Waals surface area contributed by atoms with Crippen molar-refractivity contribution < 1.29 is 43.8 Å². The van der Waals surface area contributed by atoms with Crippen LogP contribution in [0.25, 0.3) is 0 Å². The fourth-order valence-electron chi connectivity index (χ4n) is 3.88. The van der Waals surface area contributed by atoms with Gasteiger partial charge in [-0.2, -0.15) is 0 Å². The van der Waals surface area contributed by atoms with Crippen molar-refractivity contribution in [2.45, 2.75) is 64.7 Å². The van der Waals surface area contributed by atoms with Crippen LogP contribution < -0.4 is 10.0 Å². The second-order valence-electron chi connectivity index (χ2n) is 7.83. The fourth-order valence-corrected chi connectivity index (χ4v) is 3.88. The van der Waals surface area contributed by atoms with Crippen LogP contribution in [0.4, 0.5) is 0 Å². The van der Waals surface area contributed by atoms with Gasteiger partial charge in [0, 0.05) is 12.8 Å². The van der Waals surface area contributed by atoms with Crippen LogP contribution in [0.1, 0.15) is 64.7 Å². The van der Waals surface area contributed by atoms with Gasteiger partial charge >= 0.3 is 17.9 Å². The number of quaternary nitrogens is 1. The van der Waals surface area contributed by atoms with Crippen LogP contribution in [0.15, 0.2) is 0 Å². The fraction of sp³-hybridized carbons (Fsp3) is 0.810. The Morgan fingerprint density at radius 1 is 0.900 bits per heavy atom. The first-order chi connectivity index (χ1) is 14.3. The Morgan fingerprint density at radius 2 is 1.43 bits per heavy atom. The molecular formula is C21H35NO8. The molecule has 0 aromatic carbocycles. The lowest BCUT2D eigenvalue weighted by Gasteiger charge is -2.28. The third-order valence-corrected chi connectivity index (χ3v) is 5.59. The van der Waals surface area contributed by atoms with E-state index in [2.05, 4.69) is 0 Å². The van der Waals surface area contributed by atoms with Crippen molar-refractivity contribution in [3.8, 4) is 0 Å². The number of carboxylic acids is 2. The van der Waals surface area contributed by atoms with Crippen molar-refractivity contribution in [1.82, 2.24) is 0 Å². The smallest absolute Gasteiger partial charge is 0.351 e. The molecule has 2 rings (SSSR count). The monoisotopic (exact) mass is 429 g/mol. The SMILES string of the molecule is CCOC(=O)C1CC[NH+](CCCCOC(=O)C2CCCCC2)CC1.O=C([O-])C(=O)O. The van der Waals surface area contributed by atoms with E-state index in [9.17, 15) is 9.59 Å². The normalized spacial score (nSPS) is 21.6. The van der Waals surface area contributed by atoms with E-state index >= 15 is 0 Å². The van der Waals surface area contributed by atoms with E-state index in [0.717, 1.165) is 58.2 Å². The Balaban J connectivity index is 0.000000656. The van der Waals surface area contributed by atoms with Gasteiger partial charge in [0.05, 0.1) is 44.7 Å². The van der Waals surface area contributed by atoms with Gasteiger partial charge in [0.2, 0.25) is 0 Å². The Bertz CT molecular complexity index is 539. The largest absolute Gasteiger partial charge is 0.539 e. The summed E-state index contributed by atoms with van der Waals surface area (Å²) in [7, 11) is 0. The molecule has 1 saturated heterocycles. The average molecular weight is 430 g/mol. The molecule has 1 aliphatic heterocycles. The third-order valence-electron chi connectivity index (χ3n) is 5.59. The molecule has 0 bridgehead atoms. The second kappa shape index (κ2) is 14.8. The maximum Gasteiger partial charge on any atom is 0.351 e. The van der Waals surface area contributed by atoms with Crippen LogP contribution in [-0.2, 0) is 28.7 Å². The average Bonchev–Trinajstić information content (AvgIpc) is 2.75. The molecule has 1 heterocycles. The number of carbonyl (C=O) groups is 4. The predicted octanol–water partition coefficient (Wildman–Crippen LogP) is -0.431. The van der Waals surface area contributed by atoms with Crippen molar-refractivity contribution in [1.29, 1.82) is 0 Å². The number of esters is 2. The molecule has 2 fully saturated rings. The summed E-state index contributed by atoms with van der Waals surface area (Å²) in [5.41, 5.74) is 0. The van der Waals surface area contributed by atoms with Gasteiger partial charge in [-0.25, -0.2) is 4.79 Å². The quantitative estimate of drug-likeness (QED) is 0.301. The zero-order valence-electron chi connectivity index (χ0n) is 17.9. The molecular weight excluding hydrogens is 394 g/mol. The number of carboxylic acid groups (broad SMARTS) is 2. The minimum atomic E-state index is -2.07. The van der Waals surface area contributed by atoms with Gasteiger partial charge in [0.1, 0.15) is 0 Å². The van der Waals surface area contributed by atoms with E-state index in [1.165, 1.54) is 19.3 Å². The number of hydrogen-bond donors (Lipinski definition) is 2. The maximum absolute atomic E-state index is 11.9. The highest BCUT2D eigenvalue weighted by Crippen LogP contribution is 2.24. The van der Waals surface area contributed by atoms with Crippen LogP contribution in [0.2, 0.25) is 0 Å². The van der Waals surface area contributed by atoms with Crippen LogP contribution >= 0.6 is 0 Å².